The third-order valence-corrected chi connectivity index (χ3v) is 5.89. The number of ether oxygens (including phenoxy) is 2. The SMILES string of the molecule is Cc1ccccc1C(=O)N1C[C@H](N2CCOCC2)[C@@H]2OCCC[C@@H]21.O=C(O)C(F)(F)F. The number of carbonyl (C=O) groups is 2. The highest BCUT2D eigenvalue weighted by Crippen LogP contribution is 2.33. The summed E-state index contributed by atoms with van der Waals surface area (Å²) in [6, 6.07) is 8.39. The van der Waals surface area contributed by atoms with Crippen molar-refractivity contribution >= 4 is 11.9 Å². The molecule has 0 bridgehead atoms. The lowest BCUT2D eigenvalue weighted by Gasteiger charge is -2.37. The lowest BCUT2D eigenvalue weighted by atomic mass is 9.99. The summed E-state index contributed by atoms with van der Waals surface area (Å²) in [5, 5.41) is 7.12. The van der Waals surface area contributed by atoms with Gasteiger partial charge in [0.25, 0.3) is 5.91 Å². The van der Waals surface area contributed by atoms with Crippen molar-refractivity contribution in [3.63, 3.8) is 0 Å². The molecular formula is C21H27F3N2O5. The van der Waals surface area contributed by atoms with Crippen LogP contribution in [0.1, 0.15) is 28.8 Å². The molecule has 172 valence electrons. The van der Waals surface area contributed by atoms with Crippen LogP contribution in [0.25, 0.3) is 0 Å². The Balaban J connectivity index is 0.000000339. The fourth-order valence-electron chi connectivity index (χ4n) is 4.36. The van der Waals surface area contributed by atoms with Gasteiger partial charge in [0.2, 0.25) is 0 Å². The van der Waals surface area contributed by atoms with Crippen LogP contribution >= 0.6 is 0 Å². The number of morpholine rings is 1. The normalized spacial score (nSPS) is 26.6. The van der Waals surface area contributed by atoms with Crippen molar-refractivity contribution in [2.75, 3.05) is 39.5 Å². The standard InChI is InChI=1S/C19H26N2O3.C2HF3O2/c1-14-5-2-3-6-15(14)19(22)21-13-17(20-8-11-23-12-9-20)18-16(21)7-4-10-24-18;3-2(4,5)1(6)7/h2-3,5-6,16-18H,4,7-13H2,1H3;(H,6,7)/t16-,17-,18+;/m0./s1. The van der Waals surface area contributed by atoms with Gasteiger partial charge in [-0.3, -0.25) is 9.69 Å². The van der Waals surface area contributed by atoms with Crippen LogP contribution in [0.2, 0.25) is 0 Å². The lowest BCUT2D eigenvalue weighted by molar-refractivity contribution is -0.192. The molecule has 0 spiro atoms. The molecule has 3 atom stereocenters. The molecule has 1 aromatic rings. The molecule has 1 N–H and O–H groups in total. The van der Waals surface area contributed by atoms with Gasteiger partial charge in [0.05, 0.1) is 31.4 Å². The third kappa shape index (κ3) is 5.55. The van der Waals surface area contributed by atoms with E-state index in [-0.39, 0.29) is 18.1 Å². The Hall–Kier alpha value is -2.17. The lowest BCUT2D eigenvalue weighted by Crippen LogP contribution is -2.51. The molecule has 1 amide bonds. The molecule has 7 nitrogen and oxygen atoms in total. The number of rotatable bonds is 2. The van der Waals surface area contributed by atoms with Crippen LogP contribution in [0.5, 0.6) is 0 Å². The second-order valence-corrected chi connectivity index (χ2v) is 7.84. The number of fused-ring (bicyclic) bond motifs is 1. The number of carboxylic acids is 1. The van der Waals surface area contributed by atoms with E-state index in [2.05, 4.69) is 9.80 Å². The largest absolute Gasteiger partial charge is 0.490 e. The molecule has 1 aromatic carbocycles. The minimum atomic E-state index is -5.08. The van der Waals surface area contributed by atoms with E-state index in [9.17, 15) is 18.0 Å². The number of benzene rings is 1. The van der Waals surface area contributed by atoms with Gasteiger partial charge in [-0.1, -0.05) is 18.2 Å². The quantitative estimate of drug-likeness (QED) is 0.755. The van der Waals surface area contributed by atoms with E-state index in [1.807, 2.05) is 31.2 Å². The second kappa shape index (κ2) is 9.97. The predicted octanol–water partition coefficient (Wildman–Crippen LogP) is 2.33. The van der Waals surface area contributed by atoms with Gasteiger partial charge in [0.1, 0.15) is 0 Å². The van der Waals surface area contributed by atoms with E-state index in [1.165, 1.54) is 0 Å². The van der Waals surface area contributed by atoms with Gasteiger partial charge in [-0.25, -0.2) is 4.79 Å². The molecule has 10 heteroatoms. The topological polar surface area (TPSA) is 79.3 Å². The van der Waals surface area contributed by atoms with Crippen molar-refractivity contribution in [2.45, 2.75) is 44.1 Å². The molecule has 3 fully saturated rings. The van der Waals surface area contributed by atoms with Crippen molar-refractivity contribution in [3.05, 3.63) is 35.4 Å². The van der Waals surface area contributed by atoms with Crippen LogP contribution < -0.4 is 0 Å². The Bertz CT molecular complexity index is 783. The van der Waals surface area contributed by atoms with Crippen LogP contribution in [0.15, 0.2) is 24.3 Å². The summed E-state index contributed by atoms with van der Waals surface area (Å²) < 4.78 is 43.4. The van der Waals surface area contributed by atoms with Crippen molar-refractivity contribution in [1.29, 1.82) is 0 Å². The van der Waals surface area contributed by atoms with Gasteiger partial charge in [0, 0.05) is 31.8 Å². The van der Waals surface area contributed by atoms with E-state index in [0.717, 1.165) is 63.4 Å². The molecule has 3 saturated heterocycles. The van der Waals surface area contributed by atoms with E-state index in [0.29, 0.717) is 6.04 Å². The molecule has 31 heavy (non-hydrogen) atoms. The maximum atomic E-state index is 13.2. The monoisotopic (exact) mass is 444 g/mol. The number of hydrogen-bond acceptors (Lipinski definition) is 5. The van der Waals surface area contributed by atoms with Gasteiger partial charge in [-0.15, -0.1) is 0 Å². The number of alkyl halides is 3. The summed E-state index contributed by atoms with van der Waals surface area (Å²) in [4.78, 5) is 26.6. The van der Waals surface area contributed by atoms with E-state index >= 15 is 0 Å². The van der Waals surface area contributed by atoms with Crippen LogP contribution in [0.3, 0.4) is 0 Å². The Morgan fingerprint density at radius 2 is 1.74 bits per heavy atom. The summed E-state index contributed by atoms with van der Waals surface area (Å²) in [7, 11) is 0. The van der Waals surface area contributed by atoms with Gasteiger partial charge >= 0.3 is 12.1 Å². The number of carbonyl (C=O) groups excluding carboxylic acids is 1. The smallest absolute Gasteiger partial charge is 0.475 e. The van der Waals surface area contributed by atoms with Gasteiger partial charge in [0.15, 0.2) is 0 Å². The van der Waals surface area contributed by atoms with Crippen LogP contribution in [0.4, 0.5) is 13.2 Å². The van der Waals surface area contributed by atoms with Crippen molar-refractivity contribution < 1.29 is 37.3 Å². The molecule has 3 heterocycles. The van der Waals surface area contributed by atoms with E-state index in [4.69, 9.17) is 19.4 Å². The third-order valence-electron chi connectivity index (χ3n) is 5.89. The second-order valence-electron chi connectivity index (χ2n) is 7.84. The molecule has 4 rings (SSSR count). The molecule has 0 saturated carbocycles. The molecule has 0 radical (unpaired) electrons. The first-order chi connectivity index (χ1) is 14.7. The Labute approximate surface area is 178 Å². The zero-order valence-electron chi connectivity index (χ0n) is 17.3. The average Bonchev–Trinajstić information content (AvgIpc) is 3.14. The Morgan fingerprint density at radius 1 is 1.10 bits per heavy atom. The number of carboxylic acid groups (broad SMARTS) is 1. The maximum absolute atomic E-state index is 13.2. The summed E-state index contributed by atoms with van der Waals surface area (Å²) in [5.74, 6) is -2.60. The van der Waals surface area contributed by atoms with Gasteiger partial charge < -0.3 is 19.5 Å². The van der Waals surface area contributed by atoms with Crippen LogP contribution in [-0.4, -0.2) is 90.6 Å². The summed E-state index contributed by atoms with van der Waals surface area (Å²) in [6.45, 7) is 7.01. The van der Waals surface area contributed by atoms with E-state index < -0.39 is 12.1 Å². The first-order valence-electron chi connectivity index (χ1n) is 10.3. The number of aryl methyl sites for hydroxylation is 1. The van der Waals surface area contributed by atoms with Crippen molar-refractivity contribution in [2.24, 2.45) is 0 Å². The Kier molecular flexibility index (Phi) is 7.55. The molecular weight excluding hydrogens is 417 g/mol. The molecule has 0 aromatic heterocycles. The highest BCUT2D eigenvalue weighted by atomic mass is 19.4. The van der Waals surface area contributed by atoms with Crippen LogP contribution in [-0.2, 0) is 14.3 Å². The first kappa shape index (κ1) is 23.5. The van der Waals surface area contributed by atoms with Crippen molar-refractivity contribution in [3.8, 4) is 0 Å². The highest BCUT2D eigenvalue weighted by molar-refractivity contribution is 5.96. The first-order valence-corrected chi connectivity index (χ1v) is 10.3. The molecule has 0 unspecified atom stereocenters. The zero-order chi connectivity index (χ0) is 22.6. The van der Waals surface area contributed by atoms with Crippen molar-refractivity contribution in [1.82, 2.24) is 9.80 Å². The summed E-state index contributed by atoms with van der Waals surface area (Å²) >= 11 is 0. The number of aliphatic carboxylic acids is 1. The number of hydrogen-bond donors (Lipinski definition) is 1. The van der Waals surface area contributed by atoms with Gasteiger partial charge in [-0.2, -0.15) is 13.2 Å². The van der Waals surface area contributed by atoms with E-state index in [1.54, 1.807) is 0 Å². The highest BCUT2D eigenvalue weighted by Gasteiger charge is 2.48. The summed E-state index contributed by atoms with van der Waals surface area (Å²) in [6.07, 6.45) is -2.86. The average molecular weight is 444 g/mol. The minimum absolute atomic E-state index is 0.143. The van der Waals surface area contributed by atoms with Crippen LogP contribution in [0, 0.1) is 6.92 Å². The molecule has 3 aliphatic heterocycles. The summed E-state index contributed by atoms with van der Waals surface area (Å²) in [5.41, 5.74) is 1.87. The maximum Gasteiger partial charge on any atom is 0.490 e. The predicted molar refractivity (Wildman–Crippen MR) is 105 cm³/mol. The fraction of sp³-hybridized carbons (Fsp3) is 0.619. The number of likely N-dealkylation sites (tertiary alicyclic amines) is 1. The Morgan fingerprint density at radius 3 is 2.35 bits per heavy atom. The number of nitrogens with zero attached hydrogens (tertiary/aromatic N) is 2. The molecule has 3 aliphatic rings. The number of amides is 1. The molecule has 0 aliphatic carbocycles. The number of halogens is 3. The van der Waals surface area contributed by atoms with Gasteiger partial charge in [-0.05, 0) is 31.4 Å². The minimum Gasteiger partial charge on any atom is -0.475 e. The zero-order valence-corrected chi connectivity index (χ0v) is 17.3. The fourth-order valence-corrected chi connectivity index (χ4v) is 4.36.